The number of carbonyl (C=O) groups excluding carboxylic acids is 1. The maximum Gasteiger partial charge on any atom is 0.265 e. The first-order chi connectivity index (χ1) is 16.8. The lowest BCUT2D eigenvalue weighted by molar-refractivity contribution is 0.0703. The van der Waals surface area contributed by atoms with E-state index in [2.05, 4.69) is 0 Å². The Balaban J connectivity index is 1.26. The summed E-state index contributed by atoms with van der Waals surface area (Å²) in [7, 11) is -3.66. The molecule has 0 saturated carbocycles. The fourth-order valence-electron chi connectivity index (χ4n) is 4.45. The van der Waals surface area contributed by atoms with Gasteiger partial charge in [0.1, 0.15) is 14.9 Å². The highest BCUT2D eigenvalue weighted by Gasteiger charge is 2.33. The monoisotopic (exact) mass is 570 g/mol. The van der Waals surface area contributed by atoms with Gasteiger partial charge < -0.3 is 9.80 Å². The zero-order chi connectivity index (χ0) is 24.7. The van der Waals surface area contributed by atoms with E-state index in [0.29, 0.717) is 26.3 Å². The number of likely N-dealkylation sites (tertiary alicyclic amines) is 1. The molecule has 4 heterocycles. The molecule has 0 radical (unpaired) electrons. The fraction of sp³-hybridized carbons (Fsp3) is 0.391. The number of rotatable bonds is 4. The predicted molar refractivity (Wildman–Crippen MR) is 143 cm³/mol. The van der Waals surface area contributed by atoms with Crippen LogP contribution in [-0.2, 0) is 10.0 Å². The first-order valence-electron chi connectivity index (χ1n) is 11.3. The summed E-state index contributed by atoms with van der Waals surface area (Å²) in [5.74, 6) is 0.150. The van der Waals surface area contributed by atoms with Crippen LogP contribution in [-0.4, -0.2) is 73.5 Å². The number of amides is 1. The van der Waals surface area contributed by atoms with Gasteiger partial charge in [-0.3, -0.25) is 10.2 Å². The summed E-state index contributed by atoms with van der Waals surface area (Å²) in [6, 6.07) is 6.99. The number of piperazine rings is 1. The van der Waals surface area contributed by atoms with Gasteiger partial charge in [0.2, 0.25) is 0 Å². The number of halogens is 2. The van der Waals surface area contributed by atoms with Crippen LogP contribution < -0.4 is 0 Å². The third-order valence-electron chi connectivity index (χ3n) is 6.43. The van der Waals surface area contributed by atoms with Crippen LogP contribution in [0.5, 0.6) is 0 Å². The van der Waals surface area contributed by atoms with Crippen LogP contribution >= 0.6 is 45.9 Å². The first-order valence-corrected chi connectivity index (χ1v) is 15.2. The second-order valence-electron chi connectivity index (χ2n) is 8.63. The lowest BCUT2D eigenvalue weighted by Crippen LogP contribution is -2.50. The van der Waals surface area contributed by atoms with Gasteiger partial charge in [-0.15, -0.1) is 22.7 Å². The average Bonchev–Trinajstić information content (AvgIpc) is 3.47. The summed E-state index contributed by atoms with van der Waals surface area (Å²) < 4.78 is 29.0. The van der Waals surface area contributed by atoms with E-state index < -0.39 is 10.0 Å². The van der Waals surface area contributed by atoms with Gasteiger partial charge in [-0.1, -0.05) is 29.3 Å². The Morgan fingerprint density at radius 2 is 1.66 bits per heavy atom. The van der Waals surface area contributed by atoms with Gasteiger partial charge in [-0.25, -0.2) is 8.42 Å². The minimum atomic E-state index is -3.66. The van der Waals surface area contributed by atoms with E-state index in [1.165, 1.54) is 33.4 Å². The maximum atomic E-state index is 13.2. The van der Waals surface area contributed by atoms with Crippen LogP contribution in [0.2, 0.25) is 10.0 Å². The van der Waals surface area contributed by atoms with Gasteiger partial charge in [0.05, 0.1) is 5.02 Å². The van der Waals surface area contributed by atoms with Crippen LogP contribution in [0.1, 0.15) is 34.5 Å². The van der Waals surface area contributed by atoms with Crippen molar-refractivity contribution in [2.24, 2.45) is 0 Å². The third kappa shape index (κ3) is 4.84. The number of piperidine rings is 1. The van der Waals surface area contributed by atoms with E-state index in [4.69, 9.17) is 28.6 Å². The second kappa shape index (κ2) is 9.99. The third-order valence-corrected chi connectivity index (χ3v) is 11.6. The number of amidine groups is 1. The molecule has 0 aliphatic carbocycles. The maximum absolute atomic E-state index is 13.2. The molecule has 1 amide bonds. The summed E-state index contributed by atoms with van der Waals surface area (Å²) in [5.41, 5.74) is 0.591. The Kier molecular flexibility index (Phi) is 7.13. The predicted octanol–water partition coefficient (Wildman–Crippen LogP) is 5.23. The summed E-state index contributed by atoms with van der Waals surface area (Å²) in [5, 5.41) is 12.0. The number of hydrogen-bond donors (Lipinski definition) is 1. The van der Waals surface area contributed by atoms with Crippen molar-refractivity contribution in [2.75, 3.05) is 39.3 Å². The number of nitrogens with zero attached hydrogens (tertiary/aromatic N) is 3. The highest BCUT2D eigenvalue weighted by molar-refractivity contribution is 7.91. The molecule has 0 spiro atoms. The minimum Gasteiger partial charge on any atom is -0.357 e. The normalized spacial score (nSPS) is 17.8. The van der Waals surface area contributed by atoms with Gasteiger partial charge >= 0.3 is 0 Å². The molecular weight excluding hydrogens is 547 g/mol. The van der Waals surface area contributed by atoms with E-state index in [0.717, 1.165) is 36.0 Å². The minimum absolute atomic E-state index is 0.211. The second-order valence-corrected chi connectivity index (χ2v) is 13.6. The zero-order valence-electron chi connectivity index (χ0n) is 18.8. The summed E-state index contributed by atoms with van der Waals surface area (Å²) in [4.78, 5) is 17.3. The number of thiophene rings is 2. The molecule has 2 aliphatic heterocycles. The molecule has 3 aromatic rings. The molecular formula is C23H24Cl2N4O3S3. The fourth-order valence-corrected chi connectivity index (χ4v) is 9.03. The molecule has 186 valence electrons. The molecule has 2 fully saturated rings. The number of carbonyl (C=O) groups is 1. The van der Waals surface area contributed by atoms with Gasteiger partial charge in [-0.2, -0.15) is 4.31 Å². The van der Waals surface area contributed by atoms with E-state index in [1.807, 2.05) is 11.0 Å². The van der Waals surface area contributed by atoms with Crippen LogP contribution in [0.3, 0.4) is 0 Å². The van der Waals surface area contributed by atoms with Crippen LogP contribution in [0.15, 0.2) is 33.9 Å². The number of fused-ring (bicyclic) bond motifs is 1. The van der Waals surface area contributed by atoms with E-state index in [-0.39, 0.29) is 36.3 Å². The summed E-state index contributed by atoms with van der Waals surface area (Å²) in [6.45, 7) is 2.64. The lowest BCUT2D eigenvalue weighted by atomic mass is 10.1. The lowest BCUT2D eigenvalue weighted by Gasteiger charge is -2.33. The Morgan fingerprint density at radius 3 is 2.37 bits per heavy atom. The zero-order valence-corrected chi connectivity index (χ0v) is 22.8. The summed E-state index contributed by atoms with van der Waals surface area (Å²) in [6.07, 6.45) is 3.28. The number of nitrogens with one attached hydrogen (secondary N) is 1. The average molecular weight is 572 g/mol. The molecule has 0 bridgehead atoms. The van der Waals surface area contributed by atoms with Gasteiger partial charge in [0.15, 0.2) is 0 Å². The van der Waals surface area contributed by atoms with Gasteiger partial charge in [0, 0.05) is 59.9 Å². The van der Waals surface area contributed by atoms with Crippen LogP contribution in [0.25, 0.3) is 10.1 Å². The quantitative estimate of drug-likeness (QED) is 0.344. The standard InChI is InChI=1S/C23H24Cl2N4O3S3/c24-16-5-4-15-12-19(34-18(15)13-16)35(31,32)29-10-8-28(9-11-29)23(30)21-20(25)17(14-33-21)22(26)27-6-2-1-3-7-27/h4-5,12-14,26H,1-3,6-11H2. The highest BCUT2D eigenvalue weighted by Crippen LogP contribution is 2.34. The molecule has 12 heteroatoms. The van der Waals surface area contributed by atoms with E-state index in [1.54, 1.807) is 28.5 Å². The Morgan fingerprint density at radius 1 is 0.943 bits per heavy atom. The van der Waals surface area contributed by atoms with Crippen molar-refractivity contribution >= 4 is 77.7 Å². The molecule has 2 saturated heterocycles. The molecule has 2 aromatic heterocycles. The van der Waals surface area contributed by atoms with Crippen molar-refractivity contribution < 1.29 is 13.2 Å². The topological polar surface area (TPSA) is 84.8 Å². The molecule has 0 unspecified atom stereocenters. The Hall–Kier alpha value is -1.69. The molecule has 1 aromatic carbocycles. The molecule has 1 N–H and O–H groups in total. The molecule has 2 aliphatic rings. The number of benzene rings is 1. The van der Waals surface area contributed by atoms with Crippen LogP contribution in [0.4, 0.5) is 0 Å². The molecule has 0 atom stereocenters. The Bertz CT molecular complexity index is 1390. The number of sulfonamides is 1. The molecule has 7 nitrogen and oxygen atoms in total. The van der Waals surface area contributed by atoms with Crippen molar-refractivity contribution in [1.29, 1.82) is 5.41 Å². The number of hydrogen-bond acceptors (Lipinski definition) is 6. The SMILES string of the molecule is N=C(c1csc(C(=O)N2CCN(S(=O)(=O)c3cc4ccc(Cl)cc4s3)CC2)c1Cl)N1CCCCC1. The van der Waals surface area contributed by atoms with Crippen molar-refractivity contribution in [3.8, 4) is 0 Å². The molecule has 35 heavy (non-hydrogen) atoms. The van der Waals surface area contributed by atoms with Crippen molar-refractivity contribution in [1.82, 2.24) is 14.1 Å². The van der Waals surface area contributed by atoms with Crippen molar-refractivity contribution in [2.45, 2.75) is 23.5 Å². The van der Waals surface area contributed by atoms with Gasteiger partial charge in [0.25, 0.3) is 15.9 Å². The smallest absolute Gasteiger partial charge is 0.265 e. The summed E-state index contributed by atoms with van der Waals surface area (Å²) >= 11 is 15.1. The van der Waals surface area contributed by atoms with Crippen LogP contribution in [0, 0.1) is 5.41 Å². The van der Waals surface area contributed by atoms with E-state index >= 15 is 0 Å². The van der Waals surface area contributed by atoms with Crippen molar-refractivity contribution in [3.63, 3.8) is 0 Å². The first kappa shape index (κ1) is 25.0. The molecule has 5 rings (SSSR count). The largest absolute Gasteiger partial charge is 0.357 e. The van der Waals surface area contributed by atoms with Gasteiger partial charge in [-0.05, 0) is 42.8 Å². The van der Waals surface area contributed by atoms with E-state index in [9.17, 15) is 13.2 Å². The van der Waals surface area contributed by atoms with Crippen molar-refractivity contribution in [3.05, 3.63) is 50.1 Å². The highest BCUT2D eigenvalue weighted by atomic mass is 35.5. The Labute approximate surface area is 222 Å².